The van der Waals surface area contributed by atoms with Crippen LogP contribution in [0.25, 0.3) is 11.0 Å². The Morgan fingerprint density at radius 1 is 1.09 bits per heavy atom. The van der Waals surface area contributed by atoms with Crippen molar-refractivity contribution >= 4 is 32.8 Å². The second kappa shape index (κ2) is 14.0. The van der Waals surface area contributed by atoms with Crippen LogP contribution < -0.4 is 15.0 Å². The molecular weight excluding hydrogens is 628 g/mol. The number of aromatic nitrogens is 3. The number of amides is 1. The van der Waals surface area contributed by atoms with E-state index in [2.05, 4.69) is 25.0 Å². The van der Waals surface area contributed by atoms with Crippen molar-refractivity contribution in [2.24, 2.45) is 0 Å². The number of nitrogens with one attached hydrogen (secondary N) is 1. The van der Waals surface area contributed by atoms with Crippen molar-refractivity contribution in [1.82, 2.24) is 24.6 Å². The molecule has 1 amide bonds. The third-order valence-corrected chi connectivity index (χ3v) is 9.47. The Bertz CT molecular complexity index is 1760. The number of sulfonamides is 1. The molecule has 244 valence electrons. The zero-order chi connectivity index (χ0) is 32.9. The van der Waals surface area contributed by atoms with Crippen molar-refractivity contribution in [3.05, 3.63) is 84.4 Å². The van der Waals surface area contributed by atoms with Gasteiger partial charge in [-0.1, -0.05) is 37.6 Å². The van der Waals surface area contributed by atoms with E-state index in [9.17, 15) is 30.8 Å². The molecule has 1 aliphatic carbocycles. The lowest BCUT2D eigenvalue weighted by Gasteiger charge is -2.40. The van der Waals surface area contributed by atoms with Crippen LogP contribution in [0.1, 0.15) is 26.2 Å². The number of halogens is 4. The van der Waals surface area contributed by atoms with E-state index in [1.165, 1.54) is 6.20 Å². The molecule has 1 fully saturated rings. The highest BCUT2D eigenvalue weighted by molar-refractivity contribution is 7.89. The second-order valence-electron chi connectivity index (χ2n) is 10.7. The zero-order valence-electron chi connectivity index (χ0n) is 24.8. The predicted octanol–water partition coefficient (Wildman–Crippen LogP) is 4.87. The minimum atomic E-state index is -4.94. The van der Waals surface area contributed by atoms with Gasteiger partial charge in [0.15, 0.2) is 0 Å². The van der Waals surface area contributed by atoms with E-state index in [1.54, 1.807) is 41.6 Å². The van der Waals surface area contributed by atoms with Crippen LogP contribution in [0.3, 0.4) is 0 Å². The second-order valence-corrected chi connectivity index (χ2v) is 12.6. The third-order valence-electron chi connectivity index (χ3n) is 7.55. The van der Waals surface area contributed by atoms with Gasteiger partial charge in [0.05, 0.1) is 22.8 Å². The summed E-state index contributed by atoms with van der Waals surface area (Å²) in [4.78, 5) is 28.2. The molecule has 2 atom stereocenters. The number of fused-ring (bicyclic) bond motifs is 1. The van der Waals surface area contributed by atoms with E-state index >= 15 is 0 Å². The van der Waals surface area contributed by atoms with Crippen molar-refractivity contribution in [3.8, 4) is 5.75 Å². The molecule has 1 N–H and O–H groups in total. The maximum Gasteiger partial charge on any atom is 0.573 e. The van der Waals surface area contributed by atoms with E-state index in [4.69, 9.17) is 0 Å². The lowest BCUT2D eigenvalue weighted by Crippen LogP contribution is -2.60. The molecule has 2 aromatic heterocycles. The molecule has 3 heterocycles. The first kappa shape index (κ1) is 33.0. The van der Waals surface area contributed by atoms with E-state index in [0.717, 1.165) is 34.1 Å². The molecule has 0 saturated carbocycles. The van der Waals surface area contributed by atoms with Gasteiger partial charge in [-0.05, 0) is 54.3 Å². The fourth-order valence-electron chi connectivity index (χ4n) is 5.21. The number of ether oxygens (including phenoxy) is 1. The molecule has 15 heteroatoms. The van der Waals surface area contributed by atoms with Gasteiger partial charge in [0.25, 0.3) is 0 Å². The summed E-state index contributed by atoms with van der Waals surface area (Å²) in [5, 5.41) is 2.81. The summed E-state index contributed by atoms with van der Waals surface area (Å²) in [6.45, 7) is 1.94. The Labute approximate surface area is 263 Å². The summed E-state index contributed by atoms with van der Waals surface area (Å²) in [5.41, 5.74) is 2.42. The van der Waals surface area contributed by atoms with Gasteiger partial charge in [-0.25, -0.2) is 22.8 Å². The quantitative estimate of drug-likeness (QED) is 0.306. The Morgan fingerprint density at radius 2 is 1.87 bits per heavy atom. The van der Waals surface area contributed by atoms with Gasteiger partial charge in [-0.15, -0.1) is 13.2 Å². The van der Waals surface area contributed by atoms with E-state index < -0.39 is 40.3 Å². The SMILES string of the molecule is CCCC(F)C1=CCC=C(CNC(=O)[C@H]2CN(c3cnc4cnccc4n3)CCN2S(=O)(=O)c2ccc(OC(F)(F)F)cc2)C=C1. The minimum absolute atomic E-state index is 0.0673. The van der Waals surface area contributed by atoms with Crippen molar-refractivity contribution in [2.45, 2.75) is 49.7 Å². The number of carbonyl (C=O) groups excluding carboxylic acids is 1. The number of allylic oxidation sites excluding steroid dienone is 4. The average Bonchev–Trinajstić information content (AvgIpc) is 3.28. The topological polar surface area (TPSA) is 118 Å². The van der Waals surface area contributed by atoms with E-state index in [-0.39, 0.29) is 31.1 Å². The Balaban J connectivity index is 1.37. The normalized spacial score (nSPS) is 18.5. The van der Waals surface area contributed by atoms with Gasteiger partial charge in [-0.3, -0.25) is 9.78 Å². The molecule has 3 aromatic rings. The zero-order valence-corrected chi connectivity index (χ0v) is 25.6. The number of nitrogens with zero attached hydrogens (tertiary/aromatic N) is 5. The number of rotatable bonds is 10. The number of alkyl halides is 4. The van der Waals surface area contributed by atoms with Crippen LogP contribution in [0, 0.1) is 0 Å². The number of anilines is 1. The van der Waals surface area contributed by atoms with Gasteiger partial charge < -0.3 is 15.0 Å². The number of pyridine rings is 1. The smallest absolute Gasteiger partial charge is 0.406 e. The molecule has 0 bridgehead atoms. The summed E-state index contributed by atoms with van der Waals surface area (Å²) in [5.74, 6) is -0.737. The Hall–Kier alpha value is -4.37. The average molecular weight is 661 g/mol. The first-order chi connectivity index (χ1) is 21.9. The van der Waals surface area contributed by atoms with Crippen LogP contribution in [0.15, 0.2) is 89.3 Å². The maximum atomic E-state index is 14.5. The molecule has 1 aromatic carbocycles. The van der Waals surface area contributed by atoms with Crippen LogP contribution in [-0.2, 0) is 14.8 Å². The number of carbonyl (C=O) groups is 1. The minimum Gasteiger partial charge on any atom is -0.406 e. The Kier molecular flexibility index (Phi) is 10.0. The fourth-order valence-corrected chi connectivity index (χ4v) is 6.78. The van der Waals surface area contributed by atoms with Crippen molar-refractivity contribution < 1.29 is 35.5 Å². The standard InChI is InChI=1S/C31H32F4N6O4S/c1-2-4-25(32)22-6-3-5-21(7-8-22)17-38-30(42)28-20-40(29-19-37-27-18-36-14-13-26(27)39-29)15-16-41(28)46(43,44)24-11-9-23(10-12-24)45-31(33,34)35/h5-14,18-19,25,28H,2-4,15-17,20H2,1H3,(H,38,42)/t25?,28-/m1/s1. The Morgan fingerprint density at radius 3 is 2.61 bits per heavy atom. The molecule has 1 aliphatic heterocycles. The first-order valence-corrected chi connectivity index (χ1v) is 16.1. The van der Waals surface area contributed by atoms with Crippen molar-refractivity contribution in [1.29, 1.82) is 0 Å². The van der Waals surface area contributed by atoms with Gasteiger partial charge >= 0.3 is 6.36 Å². The number of hydrogen-bond acceptors (Lipinski definition) is 8. The van der Waals surface area contributed by atoms with Crippen LogP contribution in [-0.4, -0.2) is 78.3 Å². The summed E-state index contributed by atoms with van der Waals surface area (Å²) in [7, 11) is -4.34. The van der Waals surface area contributed by atoms with Gasteiger partial charge in [0.2, 0.25) is 15.9 Å². The highest BCUT2D eigenvalue weighted by Gasteiger charge is 2.41. The first-order valence-electron chi connectivity index (χ1n) is 14.6. The van der Waals surface area contributed by atoms with Crippen LogP contribution in [0.2, 0.25) is 0 Å². The lowest BCUT2D eigenvalue weighted by atomic mass is 10.1. The molecule has 2 aliphatic rings. The van der Waals surface area contributed by atoms with Gasteiger partial charge in [0.1, 0.15) is 29.3 Å². The maximum absolute atomic E-state index is 14.5. The van der Waals surface area contributed by atoms with Gasteiger partial charge in [-0.2, -0.15) is 4.31 Å². The molecule has 1 saturated heterocycles. The predicted molar refractivity (Wildman–Crippen MR) is 163 cm³/mol. The summed E-state index contributed by atoms with van der Waals surface area (Å²) in [6.07, 6.45) is 7.27. The fraction of sp³-hybridized carbons (Fsp3) is 0.355. The molecule has 5 rings (SSSR count). The largest absolute Gasteiger partial charge is 0.573 e. The van der Waals surface area contributed by atoms with Crippen LogP contribution >= 0.6 is 0 Å². The molecule has 0 spiro atoms. The molecular formula is C31H32F4N6O4S. The number of hydrogen-bond donors (Lipinski definition) is 1. The van der Waals surface area contributed by atoms with Crippen LogP contribution in [0.4, 0.5) is 23.4 Å². The van der Waals surface area contributed by atoms with Gasteiger partial charge in [0, 0.05) is 32.4 Å². The summed E-state index contributed by atoms with van der Waals surface area (Å²) < 4.78 is 84.9. The highest BCUT2D eigenvalue weighted by atomic mass is 32.2. The summed E-state index contributed by atoms with van der Waals surface area (Å²) >= 11 is 0. The number of benzene rings is 1. The van der Waals surface area contributed by atoms with Crippen molar-refractivity contribution in [2.75, 3.05) is 31.1 Å². The highest BCUT2D eigenvalue weighted by Crippen LogP contribution is 2.28. The van der Waals surface area contributed by atoms with E-state index in [0.29, 0.717) is 41.7 Å². The third kappa shape index (κ3) is 7.88. The van der Waals surface area contributed by atoms with Crippen LogP contribution in [0.5, 0.6) is 5.75 Å². The lowest BCUT2D eigenvalue weighted by molar-refractivity contribution is -0.274. The monoisotopic (exact) mass is 660 g/mol. The summed E-state index contributed by atoms with van der Waals surface area (Å²) in [6, 6.07) is 4.27. The molecule has 0 radical (unpaired) electrons. The van der Waals surface area contributed by atoms with Crippen molar-refractivity contribution in [3.63, 3.8) is 0 Å². The van der Waals surface area contributed by atoms with E-state index in [1.807, 2.05) is 13.0 Å². The molecule has 10 nitrogen and oxygen atoms in total. The molecule has 46 heavy (non-hydrogen) atoms. The number of piperazine rings is 1. The molecule has 1 unspecified atom stereocenters.